The van der Waals surface area contributed by atoms with E-state index in [0.717, 1.165) is 11.4 Å². The van der Waals surface area contributed by atoms with Crippen molar-refractivity contribution in [3.8, 4) is 5.82 Å². The zero-order valence-electron chi connectivity index (χ0n) is 8.63. The van der Waals surface area contributed by atoms with E-state index in [4.69, 9.17) is 34.8 Å². The van der Waals surface area contributed by atoms with Crippen molar-refractivity contribution in [2.75, 3.05) is 0 Å². The molecule has 2 rings (SSSR count). The lowest BCUT2D eigenvalue weighted by Crippen LogP contribution is -2.00. The third-order valence-corrected chi connectivity index (χ3v) is 3.30. The highest BCUT2D eigenvalue weighted by molar-refractivity contribution is 6.42. The van der Waals surface area contributed by atoms with Gasteiger partial charge in [-0.3, -0.25) is 4.57 Å². The van der Waals surface area contributed by atoms with E-state index < -0.39 is 0 Å². The third-order valence-electron chi connectivity index (χ3n) is 2.35. The molecule has 2 heterocycles. The average molecular weight is 277 g/mol. The first-order valence-electron chi connectivity index (χ1n) is 4.53. The second kappa shape index (κ2) is 4.24. The van der Waals surface area contributed by atoms with Crippen LogP contribution in [0.5, 0.6) is 0 Å². The second-order valence-corrected chi connectivity index (χ2v) is 4.52. The molecule has 0 aliphatic heterocycles. The number of aromatic nitrogens is 3. The number of hydrogen-bond acceptors (Lipinski definition) is 2. The molecule has 3 nitrogen and oxygen atoms in total. The van der Waals surface area contributed by atoms with Crippen LogP contribution in [0.2, 0.25) is 15.2 Å². The van der Waals surface area contributed by atoms with E-state index >= 15 is 0 Å². The quantitative estimate of drug-likeness (QED) is 0.741. The van der Waals surface area contributed by atoms with E-state index in [1.807, 2.05) is 13.8 Å². The number of nitrogens with zero attached hydrogens (tertiary/aromatic N) is 3. The first-order chi connectivity index (χ1) is 7.50. The van der Waals surface area contributed by atoms with Gasteiger partial charge >= 0.3 is 0 Å². The van der Waals surface area contributed by atoms with Crippen LogP contribution >= 0.6 is 34.8 Å². The maximum atomic E-state index is 6.06. The van der Waals surface area contributed by atoms with E-state index in [2.05, 4.69) is 9.97 Å². The van der Waals surface area contributed by atoms with Gasteiger partial charge in [-0.1, -0.05) is 34.8 Å². The van der Waals surface area contributed by atoms with E-state index in [-0.39, 0.29) is 5.15 Å². The van der Waals surface area contributed by atoms with Gasteiger partial charge in [-0.2, -0.15) is 0 Å². The molecule has 0 aliphatic carbocycles. The first-order valence-corrected chi connectivity index (χ1v) is 5.66. The highest BCUT2D eigenvalue weighted by Gasteiger charge is 2.12. The van der Waals surface area contributed by atoms with E-state index in [0.29, 0.717) is 15.9 Å². The van der Waals surface area contributed by atoms with Gasteiger partial charge in [0.1, 0.15) is 11.5 Å². The van der Waals surface area contributed by atoms with Crippen LogP contribution in [0.3, 0.4) is 0 Å². The van der Waals surface area contributed by atoms with Crippen LogP contribution in [0.25, 0.3) is 5.82 Å². The summed E-state index contributed by atoms with van der Waals surface area (Å²) in [6, 6.07) is 1.57. The van der Waals surface area contributed by atoms with Crippen molar-refractivity contribution in [1.29, 1.82) is 0 Å². The number of imidazole rings is 1. The van der Waals surface area contributed by atoms with E-state index in [1.54, 1.807) is 17.0 Å². The molecule has 0 aromatic carbocycles. The van der Waals surface area contributed by atoms with Crippen molar-refractivity contribution in [1.82, 2.24) is 14.5 Å². The van der Waals surface area contributed by atoms with Gasteiger partial charge in [-0.15, -0.1) is 0 Å². The molecule has 0 atom stereocenters. The Morgan fingerprint density at radius 3 is 2.38 bits per heavy atom. The Kier molecular flexibility index (Phi) is 3.10. The zero-order valence-corrected chi connectivity index (χ0v) is 10.9. The van der Waals surface area contributed by atoms with Gasteiger partial charge in [0.2, 0.25) is 0 Å². The molecule has 2 aromatic heterocycles. The Morgan fingerprint density at radius 1 is 1.12 bits per heavy atom. The molecular weight excluding hydrogens is 268 g/mol. The van der Waals surface area contributed by atoms with Crippen LogP contribution in [0.1, 0.15) is 11.4 Å². The minimum Gasteiger partial charge on any atom is -0.286 e. The number of pyridine rings is 1. The SMILES string of the molecule is Cc1ncn(-c2nc(Cl)c(Cl)cc2Cl)c1C. The molecule has 0 saturated heterocycles. The van der Waals surface area contributed by atoms with Crippen LogP contribution in [0.15, 0.2) is 12.4 Å². The van der Waals surface area contributed by atoms with Crippen molar-refractivity contribution in [2.24, 2.45) is 0 Å². The van der Waals surface area contributed by atoms with Gasteiger partial charge in [0.15, 0.2) is 5.82 Å². The Bertz CT molecular complexity index is 548. The number of rotatable bonds is 1. The van der Waals surface area contributed by atoms with Gasteiger partial charge in [-0.25, -0.2) is 9.97 Å². The summed E-state index contributed by atoms with van der Waals surface area (Å²) in [6.45, 7) is 3.85. The molecule has 16 heavy (non-hydrogen) atoms. The van der Waals surface area contributed by atoms with E-state index in [9.17, 15) is 0 Å². The minimum absolute atomic E-state index is 0.229. The van der Waals surface area contributed by atoms with Gasteiger partial charge in [0, 0.05) is 5.69 Å². The van der Waals surface area contributed by atoms with Crippen LogP contribution in [0, 0.1) is 13.8 Å². The fraction of sp³-hybridized carbons (Fsp3) is 0.200. The maximum Gasteiger partial charge on any atom is 0.158 e. The lowest BCUT2D eigenvalue weighted by molar-refractivity contribution is 0.951. The molecule has 2 aromatic rings. The summed E-state index contributed by atoms with van der Waals surface area (Å²) in [4.78, 5) is 8.32. The Labute approximate surface area is 108 Å². The molecule has 0 N–H and O–H groups in total. The fourth-order valence-corrected chi connectivity index (χ4v) is 1.90. The summed E-state index contributed by atoms with van der Waals surface area (Å²) >= 11 is 17.7. The van der Waals surface area contributed by atoms with Crippen LogP contribution in [-0.4, -0.2) is 14.5 Å². The van der Waals surface area contributed by atoms with Crippen LogP contribution in [-0.2, 0) is 0 Å². The fourth-order valence-electron chi connectivity index (χ4n) is 1.32. The van der Waals surface area contributed by atoms with E-state index in [1.165, 1.54) is 0 Å². The highest BCUT2D eigenvalue weighted by Crippen LogP contribution is 2.28. The molecule has 0 bridgehead atoms. The number of halogens is 3. The predicted octanol–water partition coefficient (Wildman–Crippen LogP) is 3.84. The molecule has 0 saturated carbocycles. The molecule has 0 aliphatic rings. The molecule has 84 valence electrons. The van der Waals surface area contributed by atoms with Gasteiger partial charge in [0.05, 0.1) is 15.7 Å². The Hall–Kier alpha value is -0.770. The molecule has 0 radical (unpaired) electrons. The van der Waals surface area contributed by atoms with Gasteiger partial charge in [-0.05, 0) is 19.9 Å². The molecule has 0 fully saturated rings. The zero-order chi connectivity index (χ0) is 11.9. The van der Waals surface area contributed by atoms with Crippen molar-refractivity contribution in [3.63, 3.8) is 0 Å². The highest BCUT2D eigenvalue weighted by atomic mass is 35.5. The second-order valence-electron chi connectivity index (χ2n) is 3.35. The van der Waals surface area contributed by atoms with Gasteiger partial charge < -0.3 is 0 Å². The lowest BCUT2D eigenvalue weighted by Gasteiger charge is -2.07. The molecule has 0 unspecified atom stereocenters. The van der Waals surface area contributed by atoms with Crippen molar-refractivity contribution < 1.29 is 0 Å². The third kappa shape index (κ3) is 1.90. The molecule has 0 amide bonds. The largest absolute Gasteiger partial charge is 0.286 e. The number of aryl methyl sites for hydroxylation is 1. The van der Waals surface area contributed by atoms with Crippen LogP contribution in [0.4, 0.5) is 0 Å². The Balaban J connectivity index is 2.65. The summed E-state index contributed by atoms with van der Waals surface area (Å²) in [7, 11) is 0. The van der Waals surface area contributed by atoms with Crippen molar-refractivity contribution in [2.45, 2.75) is 13.8 Å². The topological polar surface area (TPSA) is 30.7 Å². The predicted molar refractivity (Wildman–Crippen MR) is 65.9 cm³/mol. The van der Waals surface area contributed by atoms with Gasteiger partial charge in [0.25, 0.3) is 0 Å². The molecule has 6 heteroatoms. The molecular formula is C10H8Cl3N3. The van der Waals surface area contributed by atoms with Crippen LogP contribution < -0.4 is 0 Å². The van der Waals surface area contributed by atoms with Crippen molar-refractivity contribution >= 4 is 34.8 Å². The summed E-state index contributed by atoms with van der Waals surface area (Å²) in [5.74, 6) is 0.536. The smallest absolute Gasteiger partial charge is 0.158 e. The summed E-state index contributed by atoms with van der Waals surface area (Å²) in [5, 5.41) is 1.01. The maximum absolute atomic E-state index is 6.06. The number of hydrogen-bond donors (Lipinski definition) is 0. The standard InChI is InChI=1S/C10H8Cl3N3/c1-5-6(2)16(4-14-5)10-8(12)3-7(11)9(13)15-10/h3-4H,1-2H3. The summed E-state index contributed by atoms with van der Waals surface area (Å²) < 4.78 is 1.78. The monoisotopic (exact) mass is 275 g/mol. The minimum atomic E-state index is 0.229. The lowest BCUT2D eigenvalue weighted by atomic mass is 10.3. The Morgan fingerprint density at radius 2 is 1.81 bits per heavy atom. The average Bonchev–Trinajstić information content (AvgIpc) is 2.54. The molecule has 0 spiro atoms. The normalized spacial score (nSPS) is 10.8. The summed E-state index contributed by atoms with van der Waals surface area (Å²) in [5.41, 5.74) is 1.89. The summed E-state index contributed by atoms with van der Waals surface area (Å²) in [6.07, 6.45) is 1.66. The first kappa shape index (κ1) is 11.7. The van der Waals surface area contributed by atoms with Crippen molar-refractivity contribution in [3.05, 3.63) is 39.0 Å².